The van der Waals surface area contributed by atoms with Crippen LogP contribution in [-0.2, 0) is 0 Å². The maximum Gasteiger partial charge on any atom is 0.256 e. The van der Waals surface area contributed by atoms with Gasteiger partial charge in [-0.25, -0.2) is 0 Å². The minimum atomic E-state index is -0.264. The Morgan fingerprint density at radius 1 is 1.14 bits per heavy atom. The zero-order valence-electron chi connectivity index (χ0n) is 10.7. The van der Waals surface area contributed by atoms with Gasteiger partial charge in [0.05, 0.1) is 16.9 Å². The minimum Gasteiger partial charge on any atom is -0.454 e. The molecule has 3 N–H and O–H groups in total. The molecule has 0 atom stereocenters. The number of nitrogen functional groups attached to an aromatic ring is 1. The Balaban J connectivity index is 1.88. The number of carbonyl (C=O) groups is 1. The molecule has 2 aromatic carbocycles. The van der Waals surface area contributed by atoms with E-state index in [2.05, 4.69) is 37.2 Å². The first-order valence-corrected chi connectivity index (χ1v) is 7.59. The summed E-state index contributed by atoms with van der Waals surface area (Å²) >= 11 is 6.71. The second kappa shape index (κ2) is 5.57. The molecule has 1 aliphatic heterocycles. The summed E-state index contributed by atoms with van der Waals surface area (Å²) in [5.41, 5.74) is 7.32. The van der Waals surface area contributed by atoms with Crippen LogP contribution < -0.4 is 20.5 Å². The molecule has 0 fully saturated rings. The molecule has 1 amide bonds. The minimum absolute atomic E-state index is 0.157. The maximum atomic E-state index is 12.3. The monoisotopic (exact) mass is 412 g/mol. The van der Waals surface area contributed by atoms with Crippen molar-refractivity contribution in [2.24, 2.45) is 0 Å². The summed E-state index contributed by atoms with van der Waals surface area (Å²) in [5.74, 6) is 0.879. The van der Waals surface area contributed by atoms with E-state index >= 15 is 0 Å². The highest BCUT2D eigenvalue weighted by Gasteiger charge is 2.18. The predicted octanol–water partition coefficient (Wildman–Crippen LogP) is 3.77. The van der Waals surface area contributed by atoms with Crippen molar-refractivity contribution in [3.63, 3.8) is 0 Å². The largest absolute Gasteiger partial charge is 0.454 e. The van der Waals surface area contributed by atoms with Gasteiger partial charge in [-0.1, -0.05) is 15.9 Å². The van der Waals surface area contributed by atoms with Crippen molar-refractivity contribution in [3.05, 3.63) is 44.8 Å². The number of rotatable bonds is 2. The lowest BCUT2D eigenvalue weighted by atomic mass is 10.2. The number of halogens is 2. The van der Waals surface area contributed by atoms with Crippen LogP contribution in [-0.4, -0.2) is 12.7 Å². The molecule has 0 aliphatic carbocycles. The highest BCUT2D eigenvalue weighted by atomic mass is 79.9. The molecular formula is C14H10Br2N2O3. The SMILES string of the molecule is Nc1cc2c(cc1NC(=O)c1ccc(Br)cc1Br)OCO2. The van der Waals surface area contributed by atoms with Gasteiger partial charge in [-0.15, -0.1) is 0 Å². The third kappa shape index (κ3) is 2.84. The molecule has 0 unspecified atom stereocenters. The number of benzene rings is 2. The lowest BCUT2D eigenvalue weighted by Gasteiger charge is -2.10. The Hall–Kier alpha value is -1.73. The number of carbonyl (C=O) groups excluding carboxylic acids is 1. The summed E-state index contributed by atoms with van der Waals surface area (Å²) in [6, 6.07) is 8.60. The Morgan fingerprint density at radius 2 is 1.86 bits per heavy atom. The van der Waals surface area contributed by atoms with Crippen LogP contribution in [0.15, 0.2) is 39.3 Å². The summed E-state index contributed by atoms with van der Waals surface area (Å²) in [6.07, 6.45) is 0. The molecule has 0 spiro atoms. The first kappa shape index (κ1) is 14.2. The summed E-state index contributed by atoms with van der Waals surface area (Å²) in [5, 5.41) is 2.77. The van der Waals surface area contributed by atoms with Crippen LogP contribution in [0.1, 0.15) is 10.4 Å². The van der Waals surface area contributed by atoms with Gasteiger partial charge in [0.1, 0.15) is 0 Å². The highest BCUT2D eigenvalue weighted by molar-refractivity contribution is 9.11. The van der Waals surface area contributed by atoms with Gasteiger partial charge in [0.15, 0.2) is 11.5 Å². The first-order valence-electron chi connectivity index (χ1n) is 6.00. The van der Waals surface area contributed by atoms with Crippen LogP contribution in [0, 0.1) is 0 Å². The van der Waals surface area contributed by atoms with E-state index in [1.807, 2.05) is 0 Å². The average molecular weight is 414 g/mol. The van der Waals surface area contributed by atoms with E-state index in [1.54, 1.807) is 30.3 Å². The van der Waals surface area contributed by atoms with E-state index in [-0.39, 0.29) is 12.7 Å². The molecule has 21 heavy (non-hydrogen) atoms. The number of fused-ring (bicyclic) bond motifs is 1. The fourth-order valence-electron chi connectivity index (χ4n) is 1.93. The molecule has 7 heteroatoms. The van der Waals surface area contributed by atoms with Crippen LogP contribution in [0.4, 0.5) is 11.4 Å². The number of hydrogen-bond donors (Lipinski definition) is 2. The van der Waals surface area contributed by atoms with E-state index in [0.29, 0.717) is 32.9 Å². The van der Waals surface area contributed by atoms with Crippen molar-refractivity contribution in [2.75, 3.05) is 17.8 Å². The second-order valence-electron chi connectivity index (χ2n) is 4.37. The molecule has 3 rings (SSSR count). The van der Waals surface area contributed by atoms with Gasteiger partial charge >= 0.3 is 0 Å². The molecule has 2 aromatic rings. The Kier molecular flexibility index (Phi) is 3.77. The molecule has 108 valence electrons. The number of anilines is 2. The number of nitrogens with one attached hydrogen (secondary N) is 1. The lowest BCUT2D eigenvalue weighted by molar-refractivity contribution is 0.102. The first-order chi connectivity index (χ1) is 10.0. The van der Waals surface area contributed by atoms with Gasteiger partial charge in [-0.2, -0.15) is 0 Å². The quantitative estimate of drug-likeness (QED) is 0.735. The zero-order valence-corrected chi connectivity index (χ0v) is 13.8. The van der Waals surface area contributed by atoms with Gasteiger partial charge in [-0.05, 0) is 34.1 Å². The van der Waals surface area contributed by atoms with Crippen molar-refractivity contribution in [1.82, 2.24) is 0 Å². The predicted molar refractivity (Wildman–Crippen MR) is 86.8 cm³/mol. The molecule has 0 saturated carbocycles. The second-order valence-corrected chi connectivity index (χ2v) is 6.14. The van der Waals surface area contributed by atoms with E-state index in [1.165, 1.54) is 0 Å². The highest BCUT2D eigenvalue weighted by Crippen LogP contribution is 2.38. The van der Waals surface area contributed by atoms with Crippen molar-refractivity contribution in [2.45, 2.75) is 0 Å². The Labute approximate surface area is 137 Å². The third-order valence-electron chi connectivity index (χ3n) is 2.97. The van der Waals surface area contributed by atoms with Crippen LogP contribution in [0.2, 0.25) is 0 Å². The van der Waals surface area contributed by atoms with Crippen molar-refractivity contribution in [3.8, 4) is 11.5 Å². The number of hydrogen-bond acceptors (Lipinski definition) is 4. The fraction of sp³-hybridized carbons (Fsp3) is 0.0714. The average Bonchev–Trinajstić information content (AvgIpc) is 2.86. The van der Waals surface area contributed by atoms with E-state index < -0.39 is 0 Å². The molecule has 1 aliphatic rings. The van der Waals surface area contributed by atoms with Gasteiger partial charge < -0.3 is 20.5 Å². The van der Waals surface area contributed by atoms with Crippen LogP contribution in [0.25, 0.3) is 0 Å². The van der Waals surface area contributed by atoms with Gasteiger partial charge in [0, 0.05) is 21.1 Å². The van der Waals surface area contributed by atoms with Gasteiger partial charge in [0.2, 0.25) is 6.79 Å². The van der Waals surface area contributed by atoms with Gasteiger partial charge in [-0.3, -0.25) is 4.79 Å². The van der Waals surface area contributed by atoms with Crippen molar-refractivity contribution < 1.29 is 14.3 Å². The Morgan fingerprint density at radius 3 is 2.57 bits per heavy atom. The summed E-state index contributed by atoms with van der Waals surface area (Å²) in [7, 11) is 0. The third-order valence-corrected chi connectivity index (χ3v) is 4.12. The summed E-state index contributed by atoms with van der Waals surface area (Å²) < 4.78 is 12.1. The maximum absolute atomic E-state index is 12.3. The zero-order chi connectivity index (χ0) is 15.0. The van der Waals surface area contributed by atoms with Crippen LogP contribution in [0.5, 0.6) is 11.5 Å². The molecular weight excluding hydrogens is 404 g/mol. The van der Waals surface area contributed by atoms with Crippen molar-refractivity contribution in [1.29, 1.82) is 0 Å². The number of ether oxygens (including phenoxy) is 2. The Bertz CT molecular complexity index is 734. The molecule has 1 heterocycles. The molecule has 0 bridgehead atoms. The lowest BCUT2D eigenvalue weighted by Crippen LogP contribution is -2.13. The standard InChI is InChI=1S/C14H10Br2N2O3/c15-7-1-2-8(9(16)3-7)14(19)18-11-5-13-12(4-10(11)17)20-6-21-13/h1-5H,6,17H2,(H,18,19). The van der Waals surface area contributed by atoms with Crippen LogP contribution in [0.3, 0.4) is 0 Å². The van der Waals surface area contributed by atoms with Crippen LogP contribution >= 0.6 is 31.9 Å². The molecule has 0 saturated heterocycles. The normalized spacial score (nSPS) is 12.3. The number of amides is 1. The van der Waals surface area contributed by atoms with Crippen molar-refractivity contribution >= 4 is 49.1 Å². The molecule has 0 radical (unpaired) electrons. The van der Waals surface area contributed by atoms with Gasteiger partial charge in [0.25, 0.3) is 5.91 Å². The van der Waals surface area contributed by atoms with E-state index in [4.69, 9.17) is 15.2 Å². The fourth-order valence-corrected chi connectivity index (χ4v) is 3.16. The molecule has 5 nitrogen and oxygen atoms in total. The van der Waals surface area contributed by atoms with E-state index in [0.717, 1.165) is 4.47 Å². The smallest absolute Gasteiger partial charge is 0.256 e. The van der Waals surface area contributed by atoms with E-state index in [9.17, 15) is 4.79 Å². The molecule has 0 aromatic heterocycles. The topological polar surface area (TPSA) is 73.6 Å². The number of nitrogens with two attached hydrogens (primary N) is 1. The summed E-state index contributed by atoms with van der Waals surface area (Å²) in [6.45, 7) is 0.157. The summed E-state index contributed by atoms with van der Waals surface area (Å²) in [4.78, 5) is 12.3.